The number of urea groups is 1. The second-order valence-corrected chi connectivity index (χ2v) is 5.76. The fourth-order valence-electron chi connectivity index (χ4n) is 2.22. The SMILES string of the molecule is CCOC1C(O)N(c2cc(C(C)(C)F)c(Cl)nn2)C(=O)N1C. The van der Waals surface area contributed by atoms with Gasteiger partial charge in [0.1, 0.15) is 5.67 Å². The van der Waals surface area contributed by atoms with Gasteiger partial charge in [0.2, 0.25) is 0 Å². The van der Waals surface area contributed by atoms with Gasteiger partial charge >= 0.3 is 6.03 Å². The Morgan fingerprint density at radius 2 is 2.14 bits per heavy atom. The molecule has 2 amide bonds. The predicted octanol–water partition coefficient (Wildman–Crippen LogP) is 1.89. The Bertz CT molecular complexity index is 581. The zero-order valence-electron chi connectivity index (χ0n) is 12.7. The summed E-state index contributed by atoms with van der Waals surface area (Å²) in [5.41, 5.74) is -1.68. The molecule has 1 aromatic rings. The molecule has 1 N–H and O–H groups in total. The number of carbonyl (C=O) groups is 1. The number of carbonyl (C=O) groups excluding carboxylic acids is 1. The standard InChI is InChI=1S/C13H18ClFN4O3/c1-5-22-11-10(20)19(12(21)18(11)4)8-6-7(13(2,3)15)9(14)17-16-8/h6,10-11,20H,5H2,1-4H3. The Morgan fingerprint density at radius 3 is 2.68 bits per heavy atom. The van der Waals surface area contributed by atoms with Gasteiger partial charge in [-0.05, 0) is 26.8 Å². The lowest BCUT2D eigenvalue weighted by Gasteiger charge is -2.22. The molecule has 0 aliphatic carbocycles. The third-order valence-corrected chi connectivity index (χ3v) is 3.65. The molecule has 0 bridgehead atoms. The minimum absolute atomic E-state index is 0.0108. The summed E-state index contributed by atoms with van der Waals surface area (Å²) in [5, 5.41) is 17.6. The molecule has 1 aliphatic heterocycles. The molecular formula is C13H18ClFN4O3. The predicted molar refractivity (Wildman–Crippen MR) is 78.2 cm³/mol. The highest BCUT2D eigenvalue weighted by Gasteiger charge is 2.45. The first-order valence-electron chi connectivity index (χ1n) is 6.76. The van der Waals surface area contributed by atoms with Crippen molar-refractivity contribution in [3.8, 4) is 0 Å². The number of anilines is 1. The van der Waals surface area contributed by atoms with Crippen LogP contribution in [0, 0.1) is 0 Å². The number of amides is 2. The van der Waals surface area contributed by atoms with Crippen molar-refractivity contribution in [3.05, 3.63) is 16.8 Å². The summed E-state index contributed by atoms with van der Waals surface area (Å²) in [5.74, 6) is 0.0108. The van der Waals surface area contributed by atoms with Gasteiger partial charge in [-0.3, -0.25) is 4.90 Å². The highest BCUT2D eigenvalue weighted by molar-refractivity contribution is 6.30. The lowest BCUT2D eigenvalue weighted by molar-refractivity contribution is -0.0688. The zero-order valence-corrected chi connectivity index (χ0v) is 13.5. The van der Waals surface area contributed by atoms with E-state index in [0.717, 1.165) is 4.90 Å². The van der Waals surface area contributed by atoms with E-state index >= 15 is 0 Å². The van der Waals surface area contributed by atoms with E-state index in [-0.39, 0.29) is 16.5 Å². The number of hydrogen-bond donors (Lipinski definition) is 1. The van der Waals surface area contributed by atoms with E-state index < -0.39 is 24.2 Å². The molecule has 0 spiro atoms. The quantitative estimate of drug-likeness (QED) is 0.911. The van der Waals surface area contributed by atoms with Crippen LogP contribution in [0.2, 0.25) is 5.15 Å². The number of aliphatic hydroxyl groups excluding tert-OH is 1. The minimum Gasteiger partial charge on any atom is -0.369 e. The van der Waals surface area contributed by atoms with Crippen molar-refractivity contribution < 1.29 is 19.0 Å². The molecule has 1 aromatic heterocycles. The molecule has 0 saturated carbocycles. The van der Waals surface area contributed by atoms with Crippen molar-refractivity contribution in [2.75, 3.05) is 18.6 Å². The van der Waals surface area contributed by atoms with Gasteiger partial charge in [-0.25, -0.2) is 14.1 Å². The molecule has 1 saturated heterocycles. The molecule has 9 heteroatoms. The molecule has 2 unspecified atom stereocenters. The van der Waals surface area contributed by atoms with Crippen LogP contribution in [0.3, 0.4) is 0 Å². The summed E-state index contributed by atoms with van der Waals surface area (Å²) in [6.45, 7) is 4.70. The first-order chi connectivity index (χ1) is 10.2. The molecule has 1 fully saturated rings. The number of rotatable bonds is 4. The smallest absolute Gasteiger partial charge is 0.329 e. The number of hydrogen-bond acceptors (Lipinski definition) is 5. The van der Waals surface area contributed by atoms with Crippen molar-refractivity contribution in [2.24, 2.45) is 0 Å². The molecule has 0 aromatic carbocycles. The van der Waals surface area contributed by atoms with Gasteiger partial charge in [0.15, 0.2) is 23.4 Å². The van der Waals surface area contributed by atoms with Crippen LogP contribution in [0.25, 0.3) is 0 Å². The van der Waals surface area contributed by atoms with Gasteiger partial charge in [-0.15, -0.1) is 10.2 Å². The molecule has 2 heterocycles. The number of aromatic nitrogens is 2. The van der Waals surface area contributed by atoms with Crippen LogP contribution in [0.4, 0.5) is 15.0 Å². The highest BCUT2D eigenvalue weighted by atomic mass is 35.5. The minimum atomic E-state index is -1.76. The molecule has 2 rings (SSSR count). The maximum Gasteiger partial charge on any atom is 0.329 e. The fraction of sp³-hybridized carbons (Fsp3) is 0.615. The third kappa shape index (κ3) is 2.86. The summed E-state index contributed by atoms with van der Waals surface area (Å²) < 4.78 is 19.5. The normalized spacial score (nSPS) is 22.6. The molecule has 1 aliphatic rings. The Morgan fingerprint density at radius 1 is 1.50 bits per heavy atom. The second kappa shape index (κ2) is 5.94. The fourth-order valence-corrected chi connectivity index (χ4v) is 2.54. The largest absolute Gasteiger partial charge is 0.369 e. The Kier molecular flexibility index (Phi) is 4.55. The summed E-state index contributed by atoms with van der Waals surface area (Å²) in [6.07, 6.45) is -2.11. The van der Waals surface area contributed by atoms with Crippen LogP contribution in [0.15, 0.2) is 6.07 Å². The van der Waals surface area contributed by atoms with Gasteiger partial charge in [0.05, 0.1) is 0 Å². The van der Waals surface area contributed by atoms with Crippen LogP contribution in [-0.2, 0) is 10.4 Å². The molecule has 122 valence electrons. The first-order valence-corrected chi connectivity index (χ1v) is 7.14. The maximum atomic E-state index is 14.2. The number of ether oxygens (including phenoxy) is 1. The molecule has 7 nitrogen and oxygen atoms in total. The number of nitrogens with zero attached hydrogens (tertiary/aromatic N) is 4. The van der Waals surface area contributed by atoms with Crippen LogP contribution >= 0.6 is 11.6 Å². The Hall–Kier alpha value is -1.51. The molecular weight excluding hydrogens is 315 g/mol. The van der Waals surface area contributed by atoms with Crippen molar-refractivity contribution in [1.82, 2.24) is 15.1 Å². The van der Waals surface area contributed by atoms with Crippen LogP contribution in [0.1, 0.15) is 26.3 Å². The van der Waals surface area contributed by atoms with Crippen LogP contribution < -0.4 is 4.90 Å². The van der Waals surface area contributed by atoms with Crippen molar-refractivity contribution in [2.45, 2.75) is 38.9 Å². The van der Waals surface area contributed by atoms with Gasteiger partial charge in [-0.1, -0.05) is 11.6 Å². The average Bonchev–Trinajstić information content (AvgIpc) is 2.63. The lowest BCUT2D eigenvalue weighted by Crippen LogP contribution is -2.39. The summed E-state index contributed by atoms with van der Waals surface area (Å²) in [7, 11) is 1.50. The number of likely N-dealkylation sites (N-methyl/N-ethyl adjacent to an activating group) is 1. The van der Waals surface area contributed by atoms with E-state index in [1.165, 1.54) is 31.9 Å². The van der Waals surface area contributed by atoms with E-state index in [1.54, 1.807) is 6.92 Å². The lowest BCUT2D eigenvalue weighted by atomic mass is 10.0. The topological polar surface area (TPSA) is 78.8 Å². The third-order valence-electron chi connectivity index (χ3n) is 3.37. The monoisotopic (exact) mass is 332 g/mol. The zero-order chi connectivity index (χ0) is 16.7. The summed E-state index contributed by atoms with van der Waals surface area (Å²) >= 11 is 5.85. The van der Waals surface area contributed by atoms with Crippen molar-refractivity contribution in [1.29, 1.82) is 0 Å². The van der Waals surface area contributed by atoms with Crippen LogP contribution in [-0.4, -0.2) is 52.3 Å². The summed E-state index contributed by atoms with van der Waals surface area (Å²) in [4.78, 5) is 14.5. The number of halogens is 2. The van der Waals surface area contributed by atoms with Gasteiger partial charge < -0.3 is 9.84 Å². The van der Waals surface area contributed by atoms with E-state index in [1.807, 2.05) is 0 Å². The highest BCUT2D eigenvalue weighted by Crippen LogP contribution is 2.33. The second-order valence-electron chi connectivity index (χ2n) is 5.40. The van der Waals surface area contributed by atoms with Gasteiger partial charge in [-0.2, -0.15) is 0 Å². The molecule has 22 heavy (non-hydrogen) atoms. The van der Waals surface area contributed by atoms with E-state index in [9.17, 15) is 14.3 Å². The van der Waals surface area contributed by atoms with E-state index in [4.69, 9.17) is 16.3 Å². The van der Waals surface area contributed by atoms with Crippen LogP contribution in [0.5, 0.6) is 0 Å². The Labute approximate surface area is 132 Å². The summed E-state index contributed by atoms with van der Waals surface area (Å²) in [6, 6.07) is 0.781. The molecule has 0 radical (unpaired) electrons. The van der Waals surface area contributed by atoms with Gasteiger partial charge in [0.25, 0.3) is 0 Å². The Balaban J connectivity index is 2.42. The average molecular weight is 333 g/mol. The number of alkyl halides is 1. The van der Waals surface area contributed by atoms with E-state index in [0.29, 0.717) is 6.61 Å². The van der Waals surface area contributed by atoms with E-state index in [2.05, 4.69) is 10.2 Å². The number of aliphatic hydroxyl groups is 1. The van der Waals surface area contributed by atoms with Crippen molar-refractivity contribution >= 4 is 23.4 Å². The van der Waals surface area contributed by atoms with Gasteiger partial charge in [0, 0.05) is 19.2 Å². The van der Waals surface area contributed by atoms with Crippen molar-refractivity contribution in [3.63, 3.8) is 0 Å². The maximum absolute atomic E-state index is 14.2. The molecule has 2 atom stereocenters. The first kappa shape index (κ1) is 16.9.